The monoisotopic (exact) mass is 248 g/mol. The fourth-order valence-electron chi connectivity index (χ4n) is 2.02. The summed E-state index contributed by atoms with van der Waals surface area (Å²) in [5, 5.41) is 0. The van der Waals surface area contributed by atoms with Gasteiger partial charge in [0.2, 0.25) is 0 Å². The van der Waals surface area contributed by atoms with Crippen molar-refractivity contribution in [2.45, 2.75) is 26.2 Å². The van der Waals surface area contributed by atoms with E-state index in [4.69, 9.17) is 9.47 Å². The quantitative estimate of drug-likeness (QED) is 0.606. The highest BCUT2D eigenvalue weighted by molar-refractivity contribution is 5.77. The largest absolute Gasteiger partial charge is 0.466 e. The smallest absolute Gasteiger partial charge is 0.309 e. The summed E-state index contributed by atoms with van der Waals surface area (Å²) in [7, 11) is 0. The molecule has 1 fully saturated rings. The number of hydrogen-bond donors (Lipinski definition) is 0. The fraction of sp³-hybridized carbons (Fsp3) is 0.429. The molecule has 4 nitrogen and oxygen atoms in total. The van der Waals surface area contributed by atoms with Gasteiger partial charge in [0.15, 0.2) is 0 Å². The summed E-state index contributed by atoms with van der Waals surface area (Å²) >= 11 is 0. The molecule has 0 radical (unpaired) electrons. The highest BCUT2D eigenvalue weighted by Crippen LogP contribution is 2.48. The van der Waals surface area contributed by atoms with Crippen molar-refractivity contribution >= 4 is 11.9 Å². The van der Waals surface area contributed by atoms with Crippen LogP contribution in [0.25, 0.3) is 0 Å². The molecule has 2 atom stereocenters. The van der Waals surface area contributed by atoms with Crippen molar-refractivity contribution in [2.24, 2.45) is 5.92 Å². The number of carbonyl (C=O) groups is 2. The Bertz CT molecular complexity index is 449. The van der Waals surface area contributed by atoms with Crippen LogP contribution in [-0.4, -0.2) is 18.5 Å². The van der Waals surface area contributed by atoms with Gasteiger partial charge in [0, 0.05) is 6.92 Å². The summed E-state index contributed by atoms with van der Waals surface area (Å²) in [6.45, 7) is 3.60. The minimum absolute atomic E-state index is 0.00970. The van der Waals surface area contributed by atoms with Crippen LogP contribution in [0.5, 0.6) is 5.75 Å². The minimum atomic E-state index is -0.335. The molecule has 1 saturated carbocycles. The average Bonchev–Trinajstić information content (AvgIpc) is 3.09. The number of ether oxygens (including phenoxy) is 2. The third kappa shape index (κ3) is 2.88. The van der Waals surface area contributed by atoms with E-state index in [1.165, 1.54) is 6.92 Å². The second-order valence-corrected chi connectivity index (χ2v) is 4.36. The van der Waals surface area contributed by atoms with Crippen LogP contribution in [-0.2, 0) is 14.3 Å². The third-order valence-electron chi connectivity index (χ3n) is 2.95. The lowest BCUT2D eigenvalue weighted by Gasteiger charge is -2.04. The Morgan fingerprint density at radius 2 is 1.94 bits per heavy atom. The molecule has 1 aliphatic rings. The van der Waals surface area contributed by atoms with Crippen molar-refractivity contribution in [3.8, 4) is 5.75 Å². The van der Waals surface area contributed by atoms with Crippen LogP contribution in [0.15, 0.2) is 24.3 Å². The van der Waals surface area contributed by atoms with E-state index in [0.717, 1.165) is 12.0 Å². The van der Waals surface area contributed by atoms with Crippen molar-refractivity contribution in [3.63, 3.8) is 0 Å². The van der Waals surface area contributed by atoms with Crippen molar-refractivity contribution in [1.82, 2.24) is 0 Å². The first-order valence-corrected chi connectivity index (χ1v) is 6.06. The lowest BCUT2D eigenvalue weighted by molar-refractivity contribution is -0.144. The number of benzene rings is 1. The zero-order chi connectivity index (χ0) is 13.1. The third-order valence-corrected chi connectivity index (χ3v) is 2.95. The molecule has 0 heterocycles. The Kier molecular flexibility index (Phi) is 3.65. The first kappa shape index (κ1) is 12.6. The maximum Gasteiger partial charge on any atom is 0.309 e. The fourth-order valence-corrected chi connectivity index (χ4v) is 2.02. The van der Waals surface area contributed by atoms with E-state index in [9.17, 15) is 9.59 Å². The van der Waals surface area contributed by atoms with Crippen molar-refractivity contribution < 1.29 is 19.1 Å². The number of carbonyl (C=O) groups excluding carboxylic acids is 2. The summed E-state index contributed by atoms with van der Waals surface area (Å²) < 4.78 is 9.94. The van der Waals surface area contributed by atoms with E-state index in [-0.39, 0.29) is 23.8 Å². The number of esters is 2. The average molecular weight is 248 g/mol. The summed E-state index contributed by atoms with van der Waals surface area (Å²) in [6.07, 6.45) is 0.839. The van der Waals surface area contributed by atoms with Crippen LogP contribution in [0.2, 0.25) is 0 Å². The maximum atomic E-state index is 11.5. The second-order valence-electron chi connectivity index (χ2n) is 4.36. The Balaban J connectivity index is 1.96. The molecule has 0 aromatic heterocycles. The minimum Gasteiger partial charge on any atom is -0.466 e. The molecule has 1 aromatic rings. The van der Waals surface area contributed by atoms with Gasteiger partial charge in [-0.05, 0) is 37.0 Å². The van der Waals surface area contributed by atoms with Crippen LogP contribution < -0.4 is 4.74 Å². The van der Waals surface area contributed by atoms with Crippen LogP contribution in [0.4, 0.5) is 0 Å². The lowest BCUT2D eigenvalue weighted by atomic mass is 10.1. The SMILES string of the molecule is CCOC(=O)[C@@H]1C[C@H]1c1ccc(OC(C)=O)cc1. The topological polar surface area (TPSA) is 52.6 Å². The van der Waals surface area contributed by atoms with Gasteiger partial charge in [-0.3, -0.25) is 9.59 Å². The molecule has 0 saturated heterocycles. The zero-order valence-electron chi connectivity index (χ0n) is 10.5. The van der Waals surface area contributed by atoms with E-state index in [2.05, 4.69) is 0 Å². The van der Waals surface area contributed by atoms with Crippen molar-refractivity contribution in [1.29, 1.82) is 0 Å². The van der Waals surface area contributed by atoms with Crippen LogP contribution in [0.1, 0.15) is 31.7 Å². The van der Waals surface area contributed by atoms with E-state index >= 15 is 0 Å². The molecule has 1 aliphatic carbocycles. The predicted molar refractivity (Wildman–Crippen MR) is 65.2 cm³/mol. The van der Waals surface area contributed by atoms with Gasteiger partial charge < -0.3 is 9.47 Å². The number of rotatable bonds is 4. The van der Waals surface area contributed by atoms with Crippen LogP contribution in [0.3, 0.4) is 0 Å². The van der Waals surface area contributed by atoms with Gasteiger partial charge >= 0.3 is 11.9 Å². The van der Waals surface area contributed by atoms with Crippen LogP contribution >= 0.6 is 0 Å². The molecular weight excluding hydrogens is 232 g/mol. The van der Waals surface area contributed by atoms with Gasteiger partial charge in [-0.25, -0.2) is 0 Å². The summed E-state index contributed by atoms with van der Waals surface area (Å²) in [4.78, 5) is 22.3. The predicted octanol–water partition coefficient (Wildman–Crippen LogP) is 2.28. The molecular formula is C14H16O4. The van der Waals surface area contributed by atoms with Gasteiger partial charge in [0.1, 0.15) is 5.75 Å². The Morgan fingerprint density at radius 3 is 2.50 bits per heavy atom. The van der Waals surface area contributed by atoms with Gasteiger partial charge in [-0.1, -0.05) is 12.1 Å². The first-order valence-electron chi connectivity index (χ1n) is 6.06. The highest BCUT2D eigenvalue weighted by atomic mass is 16.5. The molecule has 0 N–H and O–H groups in total. The van der Waals surface area contributed by atoms with E-state index < -0.39 is 0 Å². The first-order chi connectivity index (χ1) is 8.61. The molecule has 0 unspecified atom stereocenters. The molecule has 0 aliphatic heterocycles. The second kappa shape index (κ2) is 5.21. The molecule has 2 rings (SSSR count). The highest BCUT2D eigenvalue weighted by Gasteiger charge is 2.45. The number of hydrogen-bond acceptors (Lipinski definition) is 4. The zero-order valence-corrected chi connectivity index (χ0v) is 10.5. The Hall–Kier alpha value is -1.84. The Labute approximate surface area is 106 Å². The van der Waals surface area contributed by atoms with Gasteiger partial charge in [0.25, 0.3) is 0 Å². The molecule has 18 heavy (non-hydrogen) atoms. The molecule has 0 bridgehead atoms. The van der Waals surface area contributed by atoms with E-state index in [1.807, 2.05) is 19.1 Å². The van der Waals surface area contributed by atoms with E-state index in [1.54, 1.807) is 12.1 Å². The molecule has 4 heteroatoms. The van der Waals surface area contributed by atoms with Crippen molar-refractivity contribution in [2.75, 3.05) is 6.61 Å². The Morgan fingerprint density at radius 1 is 1.28 bits per heavy atom. The normalized spacial score (nSPS) is 21.2. The molecule has 96 valence electrons. The molecule has 0 spiro atoms. The summed E-state index contributed by atoms with van der Waals surface area (Å²) in [5.41, 5.74) is 1.09. The standard InChI is InChI=1S/C14H16O4/c1-3-17-14(16)13-8-12(13)10-4-6-11(7-5-10)18-9(2)15/h4-7,12-13H,3,8H2,1-2H3/t12-,13+/m0/s1. The van der Waals surface area contributed by atoms with Gasteiger partial charge in [0.05, 0.1) is 12.5 Å². The maximum absolute atomic E-state index is 11.5. The van der Waals surface area contributed by atoms with Crippen LogP contribution in [0, 0.1) is 5.92 Å². The van der Waals surface area contributed by atoms with Gasteiger partial charge in [-0.2, -0.15) is 0 Å². The molecule has 1 aromatic carbocycles. The van der Waals surface area contributed by atoms with E-state index in [0.29, 0.717) is 12.4 Å². The summed E-state index contributed by atoms with van der Waals surface area (Å²) in [6, 6.07) is 7.28. The molecule has 0 amide bonds. The summed E-state index contributed by atoms with van der Waals surface area (Å²) in [5.74, 6) is 0.310. The van der Waals surface area contributed by atoms with Crippen molar-refractivity contribution in [3.05, 3.63) is 29.8 Å². The van der Waals surface area contributed by atoms with Gasteiger partial charge in [-0.15, -0.1) is 0 Å². The lowest BCUT2D eigenvalue weighted by Crippen LogP contribution is -2.07.